The first-order chi connectivity index (χ1) is 17.9. The van der Waals surface area contributed by atoms with Gasteiger partial charge in [-0.15, -0.1) is 0 Å². The van der Waals surface area contributed by atoms with Crippen molar-refractivity contribution in [2.75, 3.05) is 10.6 Å². The third-order valence-corrected chi connectivity index (χ3v) is 5.73. The lowest BCUT2D eigenvalue weighted by Crippen LogP contribution is -2.15. The number of nitrogens with one attached hydrogen (secondary N) is 3. The maximum absolute atomic E-state index is 14.7. The highest BCUT2D eigenvalue weighted by Crippen LogP contribution is 2.37. The topological polar surface area (TPSA) is 115 Å². The lowest BCUT2D eigenvalue weighted by molar-refractivity contribution is 0.480. The Morgan fingerprint density at radius 1 is 0.973 bits per heavy atom. The van der Waals surface area contributed by atoms with E-state index < -0.39 is 29.4 Å². The average molecular weight is 525 g/mol. The summed E-state index contributed by atoms with van der Waals surface area (Å²) < 4.78 is 55.8. The summed E-state index contributed by atoms with van der Waals surface area (Å²) in [7, 11) is 0. The molecule has 0 bridgehead atoms. The number of pyridine rings is 2. The number of rotatable bonds is 6. The third-order valence-electron chi connectivity index (χ3n) is 5.44. The van der Waals surface area contributed by atoms with E-state index in [-0.39, 0.29) is 33.2 Å². The normalized spacial score (nSPS) is 11.8. The van der Waals surface area contributed by atoms with Crippen LogP contribution in [0.4, 0.5) is 34.6 Å². The summed E-state index contributed by atoms with van der Waals surface area (Å²) in [6.45, 7) is 0. The van der Waals surface area contributed by atoms with Gasteiger partial charge in [0.1, 0.15) is 17.8 Å². The van der Waals surface area contributed by atoms with E-state index in [0.29, 0.717) is 16.6 Å². The van der Waals surface area contributed by atoms with Gasteiger partial charge in [-0.25, -0.2) is 18.2 Å². The van der Waals surface area contributed by atoms with E-state index in [1.54, 1.807) is 6.07 Å². The predicted molar refractivity (Wildman–Crippen MR) is 127 cm³/mol. The molecule has 3 aromatic heterocycles. The summed E-state index contributed by atoms with van der Waals surface area (Å²) in [5, 5.41) is 26.3. The fourth-order valence-corrected chi connectivity index (χ4v) is 4.04. The molecule has 0 amide bonds. The summed E-state index contributed by atoms with van der Waals surface area (Å²) in [4.78, 5) is 7.57. The van der Waals surface area contributed by atoms with Crippen LogP contribution in [-0.2, 0) is 0 Å². The molecule has 0 unspecified atom stereocenters. The van der Waals surface area contributed by atoms with Crippen molar-refractivity contribution in [3.63, 3.8) is 0 Å². The van der Waals surface area contributed by atoms with Crippen LogP contribution in [0.2, 0.25) is 5.02 Å². The number of hydrogen-bond acceptors (Lipinski definition) is 7. The predicted octanol–water partition coefficient (Wildman–Crippen LogP) is 5.77. The Morgan fingerprint density at radius 2 is 1.81 bits per heavy atom. The number of nitrogens with zero attached hydrogens (tertiary/aromatic N) is 5. The van der Waals surface area contributed by atoms with Crippen molar-refractivity contribution in [1.29, 1.82) is 5.26 Å². The molecule has 0 aliphatic rings. The minimum Gasteiger partial charge on any atom is -0.373 e. The van der Waals surface area contributed by atoms with Gasteiger partial charge in [0.15, 0.2) is 17.5 Å². The molecule has 0 radical (unpaired) electrons. The minimum atomic E-state index is -1.27. The lowest BCUT2D eigenvalue weighted by atomic mass is 10.0. The standard InChI is InChI=1S/C24H13ClF4N8/c25-16-5-12(34-23(19-10-33-37-36-19)14-2-1-3-17(26)20(14)28)4-15-21(11(7-30)8-31-22(15)16)35-13-6-18(27)24(29)32-9-13/h1-6,8-10,23,34H,(H,31,35)(H,33,36,37)/t23-/m0/s1. The Balaban J connectivity index is 1.63. The number of benzene rings is 2. The molecule has 8 nitrogen and oxygen atoms in total. The number of fused-ring (bicyclic) bond motifs is 1. The number of aromatic amines is 1. The van der Waals surface area contributed by atoms with Gasteiger partial charge in [0.05, 0.1) is 39.9 Å². The van der Waals surface area contributed by atoms with Crippen molar-refractivity contribution in [3.8, 4) is 6.07 Å². The van der Waals surface area contributed by atoms with E-state index in [9.17, 15) is 22.8 Å². The fourth-order valence-electron chi connectivity index (χ4n) is 3.77. The Morgan fingerprint density at radius 3 is 2.54 bits per heavy atom. The molecule has 2 aromatic carbocycles. The zero-order chi connectivity index (χ0) is 26.1. The van der Waals surface area contributed by atoms with Crippen molar-refractivity contribution >= 4 is 39.6 Å². The van der Waals surface area contributed by atoms with E-state index >= 15 is 0 Å². The zero-order valence-corrected chi connectivity index (χ0v) is 19.2. The highest BCUT2D eigenvalue weighted by molar-refractivity contribution is 6.36. The Labute approximate surface area is 210 Å². The molecule has 0 aliphatic heterocycles. The summed E-state index contributed by atoms with van der Waals surface area (Å²) in [5.74, 6) is -4.58. The monoisotopic (exact) mass is 524 g/mol. The number of nitriles is 1. The molecule has 5 rings (SSSR count). The molecule has 0 saturated heterocycles. The van der Waals surface area contributed by atoms with E-state index in [0.717, 1.165) is 18.3 Å². The van der Waals surface area contributed by atoms with Crippen LogP contribution in [0.25, 0.3) is 10.9 Å². The highest BCUT2D eigenvalue weighted by Gasteiger charge is 2.23. The van der Waals surface area contributed by atoms with Gasteiger partial charge in [0, 0.05) is 28.9 Å². The molecule has 0 saturated carbocycles. The van der Waals surface area contributed by atoms with Crippen LogP contribution in [0.15, 0.2) is 55.0 Å². The molecule has 184 valence electrons. The zero-order valence-electron chi connectivity index (χ0n) is 18.4. The number of anilines is 3. The smallest absolute Gasteiger partial charge is 0.249 e. The first-order valence-corrected chi connectivity index (χ1v) is 10.9. The van der Waals surface area contributed by atoms with Crippen molar-refractivity contribution in [3.05, 3.63) is 100 Å². The second-order valence-electron chi connectivity index (χ2n) is 7.75. The number of aromatic nitrogens is 5. The van der Waals surface area contributed by atoms with Gasteiger partial charge in [0.2, 0.25) is 5.95 Å². The summed E-state index contributed by atoms with van der Waals surface area (Å²) in [6.07, 6.45) is 3.68. The van der Waals surface area contributed by atoms with Crippen LogP contribution < -0.4 is 10.6 Å². The minimum absolute atomic E-state index is 0.0415. The van der Waals surface area contributed by atoms with Gasteiger partial charge < -0.3 is 10.6 Å². The number of halogens is 5. The van der Waals surface area contributed by atoms with Gasteiger partial charge in [-0.1, -0.05) is 23.7 Å². The van der Waals surface area contributed by atoms with Gasteiger partial charge in [-0.05, 0) is 18.2 Å². The highest BCUT2D eigenvalue weighted by atomic mass is 35.5. The largest absolute Gasteiger partial charge is 0.373 e. The molecule has 3 heterocycles. The Bertz CT molecular complexity index is 1670. The Kier molecular flexibility index (Phi) is 6.29. The van der Waals surface area contributed by atoms with E-state index in [4.69, 9.17) is 11.6 Å². The molecule has 0 fully saturated rings. The molecular weight excluding hydrogens is 512 g/mol. The molecule has 0 aliphatic carbocycles. The van der Waals surface area contributed by atoms with Gasteiger partial charge in [-0.3, -0.25) is 4.98 Å². The summed E-state index contributed by atoms with van der Waals surface area (Å²) in [5.41, 5.74) is 1.18. The van der Waals surface area contributed by atoms with Crippen LogP contribution >= 0.6 is 11.6 Å². The maximum atomic E-state index is 14.7. The number of hydrogen-bond donors (Lipinski definition) is 3. The van der Waals surface area contributed by atoms with E-state index in [1.165, 1.54) is 30.6 Å². The third kappa shape index (κ3) is 4.60. The number of H-pyrrole nitrogens is 1. The van der Waals surface area contributed by atoms with Crippen LogP contribution in [0.5, 0.6) is 0 Å². The van der Waals surface area contributed by atoms with Gasteiger partial charge >= 0.3 is 0 Å². The quantitative estimate of drug-likeness (QED) is 0.191. The van der Waals surface area contributed by atoms with E-state index in [1.807, 2.05) is 6.07 Å². The van der Waals surface area contributed by atoms with Crippen molar-refractivity contribution in [2.45, 2.75) is 6.04 Å². The van der Waals surface area contributed by atoms with Crippen LogP contribution in [0.1, 0.15) is 22.9 Å². The first kappa shape index (κ1) is 24.0. The molecule has 13 heteroatoms. The van der Waals surface area contributed by atoms with Crippen LogP contribution in [-0.4, -0.2) is 25.4 Å². The SMILES string of the molecule is N#Cc1cnc2c(Cl)cc(N[C@H](c3cn[nH]n3)c3cccc(F)c3F)cc2c1Nc1cnc(F)c(F)c1. The average Bonchev–Trinajstić information content (AvgIpc) is 3.42. The van der Waals surface area contributed by atoms with Crippen LogP contribution in [0.3, 0.4) is 0 Å². The molecular formula is C24H13ClF4N8. The molecule has 5 aromatic rings. The van der Waals surface area contributed by atoms with E-state index in [2.05, 4.69) is 36.0 Å². The van der Waals surface area contributed by atoms with Crippen molar-refractivity contribution in [2.24, 2.45) is 0 Å². The summed E-state index contributed by atoms with van der Waals surface area (Å²) in [6, 6.07) is 8.70. The maximum Gasteiger partial charge on any atom is 0.249 e. The van der Waals surface area contributed by atoms with Crippen molar-refractivity contribution in [1.82, 2.24) is 25.4 Å². The summed E-state index contributed by atoms with van der Waals surface area (Å²) >= 11 is 6.49. The second kappa shape index (κ2) is 9.71. The fraction of sp³-hybridized carbons (Fsp3) is 0.0417. The van der Waals surface area contributed by atoms with Crippen molar-refractivity contribution < 1.29 is 17.6 Å². The van der Waals surface area contributed by atoms with Gasteiger partial charge in [-0.2, -0.15) is 25.1 Å². The van der Waals surface area contributed by atoms with Gasteiger partial charge in [0.25, 0.3) is 0 Å². The second-order valence-corrected chi connectivity index (χ2v) is 8.16. The molecule has 1 atom stereocenters. The molecule has 3 N–H and O–H groups in total. The lowest BCUT2D eigenvalue weighted by Gasteiger charge is -2.20. The van der Waals surface area contributed by atoms with Crippen LogP contribution in [0, 0.1) is 34.7 Å². The first-order valence-electron chi connectivity index (χ1n) is 10.5. The molecule has 37 heavy (non-hydrogen) atoms. The molecule has 0 spiro atoms. The Hall–Kier alpha value is -4.76.